The van der Waals surface area contributed by atoms with Crippen LogP contribution in [-0.4, -0.2) is 24.4 Å². The lowest BCUT2D eigenvalue weighted by Gasteiger charge is -2.11. The molecule has 2 rings (SSSR count). The molecule has 0 saturated carbocycles. The molecule has 0 aliphatic carbocycles. The van der Waals surface area contributed by atoms with Gasteiger partial charge in [0.25, 0.3) is 0 Å². The van der Waals surface area contributed by atoms with Crippen molar-refractivity contribution in [2.24, 2.45) is 4.99 Å². The van der Waals surface area contributed by atoms with E-state index in [-0.39, 0.29) is 24.0 Å². The van der Waals surface area contributed by atoms with E-state index in [2.05, 4.69) is 65.2 Å². The topological polar surface area (TPSA) is 62.5 Å². The fraction of sp³-hybridized carbons (Fsp3) is 0.412. The lowest BCUT2D eigenvalue weighted by Crippen LogP contribution is -2.36. The van der Waals surface area contributed by atoms with Crippen LogP contribution in [0.3, 0.4) is 0 Å². The molecule has 24 heavy (non-hydrogen) atoms. The van der Waals surface area contributed by atoms with Crippen LogP contribution in [0.1, 0.15) is 36.8 Å². The molecule has 2 N–H and O–H groups in total. The maximum absolute atomic E-state index is 5.31. The average Bonchev–Trinajstić information content (AvgIpc) is 3.05. The van der Waals surface area contributed by atoms with Crippen molar-refractivity contribution in [3.05, 3.63) is 47.3 Å². The molecule has 0 fully saturated rings. The predicted octanol–water partition coefficient (Wildman–Crippen LogP) is 4.00. The van der Waals surface area contributed by atoms with Crippen LogP contribution in [0.5, 0.6) is 0 Å². The van der Waals surface area contributed by atoms with Gasteiger partial charge in [0.05, 0.1) is 12.2 Å². The Balaban J connectivity index is 0.00000288. The molecule has 1 aromatic carbocycles. The van der Waals surface area contributed by atoms with Crippen LogP contribution in [0.4, 0.5) is 0 Å². The molecule has 2 aromatic rings. The maximum Gasteiger partial charge on any atom is 0.191 e. The summed E-state index contributed by atoms with van der Waals surface area (Å²) < 4.78 is 5.31. The van der Waals surface area contributed by atoms with Crippen molar-refractivity contribution in [3.63, 3.8) is 0 Å². The van der Waals surface area contributed by atoms with E-state index >= 15 is 0 Å². The second-order valence-corrected chi connectivity index (χ2v) is 6.38. The van der Waals surface area contributed by atoms with E-state index in [1.54, 1.807) is 18.8 Å². The minimum Gasteiger partial charge on any atom is -0.359 e. The summed E-state index contributed by atoms with van der Waals surface area (Å²) >= 11 is 1.74. The third-order valence-corrected chi connectivity index (χ3v) is 4.18. The van der Waals surface area contributed by atoms with Crippen LogP contribution in [-0.2, 0) is 13.1 Å². The lowest BCUT2D eigenvalue weighted by molar-refractivity contribution is 0.372. The molecule has 0 amide bonds. The molecule has 0 aliphatic rings. The number of aliphatic imine (C=N–C) groups is 1. The highest BCUT2D eigenvalue weighted by atomic mass is 127. The van der Waals surface area contributed by atoms with E-state index in [0.29, 0.717) is 12.5 Å². The molecule has 0 spiro atoms. The highest BCUT2D eigenvalue weighted by Crippen LogP contribution is 2.15. The van der Waals surface area contributed by atoms with Gasteiger partial charge in [0.15, 0.2) is 11.7 Å². The Morgan fingerprint density at radius 1 is 1.21 bits per heavy atom. The minimum absolute atomic E-state index is 0. The molecular formula is C17H25IN4OS. The van der Waals surface area contributed by atoms with E-state index in [1.807, 2.05) is 6.07 Å². The molecule has 0 atom stereocenters. The van der Waals surface area contributed by atoms with Crippen LogP contribution in [0.25, 0.3) is 0 Å². The summed E-state index contributed by atoms with van der Waals surface area (Å²) in [7, 11) is 1.76. The molecule has 0 radical (unpaired) electrons. The van der Waals surface area contributed by atoms with Crippen LogP contribution in [0, 0.1) is 0 Å². The van der Waals surface area contributed by atoms with Crippen LogP contribution >= 0.6 is 35.7 Å². The lowest BCUT2D eigenvalue weighted by atomic mass is 10.1. The number of halogens is 1. The zero-order chi connectivity index (χ0) is 16.7. The number of hydrogen-bond acceptors (Lipinski definition) is 4. The Labute approximate surface area is 165 Å². The number of nitrogens with zero attached hydrogens (tertiary/aromatic N) is 2. The quantitative estimate of drug-likeness (QED) is 0.295. The number of rotatable bonds is 6. The van der Waals surface area contributed by atoms with Gasteiger partial charge in [-0.3, -0.25) is 4.99 Å². The van der Waals surface area contributed by atoms with Gasteiger partial charge in [0, 0.05) is 24.6 Å². The predicted molar refractivity (Wildman–Crippen MR) is 111 cm³/mol. The van der Waals surface area contributed by atoms with Gasteiger partial charge < -0.3 is 15.2 Å². The molecule has 0 unspecified atom stereocenters. The third kappa shape index (κ3) is 6.35. The van der Waals surface area contributed by atoms with E-state index in [4.69, 9.17) is 4.52 Å². The molecule has 5 nitrogen and oxygen atoms in total. The van der Waals surface area contributed by atoms with Gasteiger partial charge in [0.1, 0.15) is 0 Å². The van der Waals surface area contributed by atoms with Crippen molar-refractivity contribution < 1.29 is 4.52 Å². The maximum atomic E-state index is 5.31. The van der Waals surface area contributed by atoms with Gasteiger partial charge in [-0.05, 0) is 29.9 Å². The number of benzene rings is 1. The Kier molecular flexibility index (Phi) is 9.20. The number of guanidine groups is 1. The van der Waals surface area contributed by atoms with E-state index in [9.17, 15) is 0 Å². The molecule has 0 aliphatic heterocycles. The Bertz CT molecular complexity index is 640. The van der Waals surface area contributed by atoms with E-state index in [0.717, 1.165) is 24.0 Å². The molecule has 132 valence electrons. The van der Waals surface area contributed by atoms with Crippen molar-refractivity contribution in [3.8, 4) is 0 Å². The number of nitrogens with one attached hydrogen (secondary N) is 2. The number of aromatic nitrogens is 1. The van der Waals surface area contributed by atoms with E-state index < -0.39 is 0 Å². The molecule has 7 heteroatoms. The van der Waals surface area contributed by atoms with E-state index in [1.165, 1.54) is 10.5 Å². The minimum atomic E-state index is 0. The summed E-state index contributed by atoms with van der Waals surface area (Å²) in [6.07, 6.45) is 2.08. The second-order valence-electron chi connectivity index (χ2n) is 5.50. The van der Waals surface area contributed by atoms with Gasteiger partial charge in [0.2, 0.25) is 0 Å². The second kappa shape index (κ2) is 10.6. The summed E-state index contributed by atoms with van der Waals surface area (Å²) in [6, 6.07) is 10.5. The van der Waals surface area contributed by atoms with Crippen LogP contribution in [0.2, 0.25) is 0 Å². The summed E-state index contributed by atoms with van der Waals surface area (Å²) in [5, 5.41) is 10.6. The Morgan fingerprint density at radius 2 is 1.88 bits per heavy atom. The van der Waals surface area contributed by atoms with Crippen LogP contribution in [0.15, 0.2) is 44.7 Å². The molecular weight excluding hydrogens is 435 g/mol. The summed E-state index contributed by atoms with van der Waals surface area (Å²) in [6.45, 7) is 5.47. The summed E-state index contributed by atoms with van der Waals surface area (Å²) in [5.74, 6) is 1.91. The first-order valence-corrected chi connectivity index (χ1v) is 8.87. The van der Waals surface area contributed by atoms with Gasteiger partial charge in [-0.15, -0.1) is 35.7 Å². The highest BCUT2D eigenvalue weighted by molar-refractivity contribution is 14.0. The first kappa shape index (κ1) is 20.8. The zero-order valence-electron chi connectivity index (χ0n) is 14.5. The monoisotopic (exact) mass is 460 g/mol. The van der Waals surface area contributed by atoms with Gasteiger partial charge in [-0.2, -0.15) is 0 Å². The smallest absolute Gasteiger partial charge is 0.191 e. The standard InChI is InChI=1S/C17H24N4OS.HI/c1-12(2)16-9-14(22-21-16)11-20-17(18-3)19-10-13-5-7-15(23-4)8-6-13;/h5-9,12H,10-11H2,1-4H3,(H2,18,19,20);1H. The first-order chi connectivity index (χ1) is 11.1. The van der Waals surface area contributed by atoms with Crippen molar-refractivity contribution in [2.45, 2.75) is 37.8 Å². The average molecular weight is 460 g/mol. The number of hydrogen-bond donors (Lipinski definition) is 2. The van der Waals surface area contributed by atoms with Crippen molar-refractivity contribution in [1.29, 1.82) is 0 Å². The normalized spacial score (nSPS) is 11.3. The van der Waals surface area contributed by atoms with Gasteiger partial charge in [-0.25, -0.2) is 0 Å². The third-order valence-electron chi connectivity index (χ3n) is 3.44. The van der Waals surface area contributed by atoms with Crippen molar-refractivity contribution in [2.75, 3.05) is 13.3 Å². The van der Waals surface area contributed by atoms with Gasteiger partial charge >= 0.3 is 0 Å². The highest BCUT2D eigenvalue weighted by Gasteiger charge is 2.08. The largest absolute Gasteiger partial charge is 0.359 e. The molecule has 0 saturated heterocycles. The fourth-order valence-corrected chi connectivity index (χ4v) is 2.41. The van der Waals surface area contributed by atoms with Gasteiger partial charge in [-0.1, -0.05) is 31.1 Å². The molecule has 1 heterocycles. The zero-order valence-corrected chi connectivity index (χ0v) is 17.6. The summed E-state index contributed by atoms with van der Waals surface area (Å²) in [5.41, 5.74) is 2.19. The Hall–Kier alpha value is -1.22. The fourth-order valence-electron chi connectivity index (χ4n) is 2.00. The molecule has 1 aromatic heterocycles. The van der Waals surface area contributed by atoms with Crippen molar-refractivity contribution >= 4 is 41.7 Å². The SMILES string of the molecule is CN=C(NCc1ccc(SC)cc1)NCc1cc(C(C)C)no1.I. The molecule has 0 bridgehead atoms. The first-order valence-electron chi connectivity index (χ1n) is 7.65. The Morgan fingerprint density at radius 3 is 2.42 bits per heavy atom. The number of thioether (sulfide) groups is 1. The summed E-state index contributed by atoms with van der Waals surface area (Å²) in [4.78, 5) is 5.49. The van der Waals surface area contributed by atoms with Crippen molar-refractivity contribution in [1.82, 2.24) is 15.8 Å². The van der Waals surface area contributed by atoms with Crippen LogP contribution < -0.4 is 10.6 Å².